The number of rotatable bonds is 7. The number of carbonyl (C=O) groups is 1. The molecule has 32 heavy (non-hydrogen) atoms. The van der Waals surface area contributed by atoms with E-state index in [0.29, 0.717) is 22.3 Å². The Bertz CT molecular complexity index is 1270. The van der Waals surface area contributed by atoms with E-state index < -0.39 is 5.97 Å². The first-order valence-electron chi connectivity index (χ1n) is 9.67. The van der Waals surface area contributed by atoms with Gasteiger partial charge in [0.25, 0.3) is 0 Å². The maximum atomic E-state index is 12.5. The third-order valence-electron chi connectivity index (χ3n) is 4.52. The molecule has 0 aliphatic heterocycles. The summed E-state index contributed by atoms with van der Waals surface area (Å²) in [5.74, 6) is 0.805. The van der Waals surface area contributed by atoms with Gasteiger partial charge in [0.2, 0.25) is 0 Å². The number of aromatic nitrogens is 3. The van der Waals surface area contributed by atoms with E-state index in [1.165, 1.54) is 24.9 Å². The molecule has 0 saturated carbocycles. The Labute approximate surface area is 189 Å². The minimum atomic E-state index is -0.470. The molecule has 3 aromatic carbocycles. The van der Waals surface area contributed by atoms with Gasteiger partial charge >= 0.3 is 5.97 Å². The lowest BCUT2D eigenvalue weighted by atomic mass is 10.2. The van der Waals surface area contributed by atoms with Crippen LogP contribution < -0.4 is 9.47 Å². The second-order valence-electron chi connectivity index (χ2n) is 6.58. The third kappa shape index (κ3) is 4.63. The zero-order chi connectivity index (χ0) is 22.3. The van der Waals surface area contributed by atoms with Crippen molar-refractivity contribution in [1.82, 2.24) is 14.8 Å². The number of thioether (sulfide) groups is 1. The van der Waals surface area contributed by atoms with Crippen molar-refractivity contribution in [1.29, 1.82) is 5.26 Å². The number of nitrogens with zero attached hydrogens (tertiary/aromatic N) is 4. The molecule has 0 bridgehead atoms. The van der Waals surface area contributed by atoms with Crippen molar-refractivity contribution in [3.63, 3.8) is 0 Å². The zero-order valence-electron chi connectivity index (χ0n) is 17.1. The summed E-state index contributed by atoms with van der Waals surface area (Å²) in [6.07, 6.45) is 0. The van der Waals surface area contributed by atoms with Crippen molar-refractivity contribution < 1.29 is 14.3 Å². The molecule has 8 heteroatoms. The number of para-hydroxylation sites is 1. The van der Waals surface area contributed by atoms with Gasteiger partial charge in [-0.3, -0.25) is 9.36 Å². The van der Waals surface area contributed by atoms with Crippen LogP contribution in [0.1, 0.15) is 5.56 Å². The summed E-state index contributed by atoms with van der Waals surface area (Å²) in [5, 5.41) is 18.3. The van der Waals surface area contributed by atoms with E-state index in [-0.39, 0.29) is 11.5 Å². The van der Waals surface area contributed by atoms with Crippen LogP contribution in [-0.2, 0) is 4.79 Å². The number of ether oxygens (including phenoxy) is 2. The van der Waals surface area contributed by atoms with E-state index in [4.69, 9.17) is 14.7 Å². The number of methoxy groups -OCH3 is 1. The van der Waals surface area contributed by atoms with Crippen LogP contribution in [0.3, 0.4) is 0 Å². The van der Waals surface area contributed by atoms with Gasteiger partial charge < -0.3 is 9.47 Å². The highest BCUT2D eigenvalue weighted by Crippen LogP contribution is 2.30. The number of esters is 1. The van der Waals surface area contributed by atoms with Crippen molar-refractivity contribution in [3.05, 3.63) is 84.4 Å². The standard InChI is InChI=1S/C24H18N4O3S/c1-30-21-14-17(15-25)12-13-20(21)31-22(29)16-32-24-27-26-23(18-8-4-2-5-9-18)28(24)19-10-6-3-7-11-19/h2-14H,16H2,1H3. The van der Waals surface area contributed by atoms with Gasteiger partial charge in [-0.05, 0) is 24.3 Å². The molecule has 0 spiro atoms. The minimum absolute atomic E-state index is 0.0168. The molecule has 0 aliphatic rings. The monoisotopic (exact) mass is 442 g/mol. The van der Waals surface area contributed by atoms with Crippen LogP contribution >= 0.6 is 11.8 Å². The summed E-state index contributed by atoms with van der Waals surface area (Å²) >= 11 is 1.23. The SMILES string of the molecule is COc1cc(C#N)ccc1OC(=O)CSc1nnc(-c2ccccc2)n1-c1ccccc1. The molecular formula is C24H18N4O3S. The molecule has 4 aromatic rings. The minimum Gasteiger partial charge on any atom is -0.493 e. The summed E-state index contributed by atoms with van der Waals surface area (Å²) in [6, 6.07) is 26.1. The van der Waals surface area contributed by atoms with Crippen molar-refractivity contribution in [2.45, 2.75) is 5.16 Å². The summed E-state index contributed by atoms with van der Waals surface area (Å²) in [5.41, 5.74) is 2.22. The highest BCUT2D eigenvalue weighted by molar-refractivity contribution is 7.99. The second-order valence-corrected chi connectivity index (χ2v) is 7.53. The van der Waals surface area contributed by atoms with Gasteiger partial charge in [-0.15, -0.1) is 10.2 Å². The van der Waals surface area contributed by atoms with Crippen LogP contribution in [0.4, 0.5) is 0 Å². The fourth-order valence-corrected chi connectivity index (χ4v) is 3.77. The molecule has 7 nitrogen and oxygen atoms in total. The number of nitriles is 1. The average molecular weight is 443 g/mol. The molecule has 0 radical (unpaired) electrons. The summed E-state index contributed by atoms with van der Waals surface area (Å²) in [6.45, 7) is 0. The van der Waals surface area contributed by atoms with Crippen LogP contribution in [0.5, 0.6) is 11.5 Å². The van der Waals surface area contributed by atoms with Crippen molar-refractivity contribution in [2.75, 3.05) is 12.9 Å². The zero-order valence-corrected chi connectivity index (χ0v) is 18.0. The predicted molar refractivity (Wildman–Crippen MR) is 121 cm³/mol. The molecule has 0 atom stereocenters. The summed E-state index contributed by atoms with van der Waals surface area (Å²) < 4.78 is 12.6. The first kappa shape index (κ1) is 21.2. The normalized spacial score (nSPS) is 10.4. The maximum absolute atomic E-state index is 12.5. The summed E-state index contributed by atoms with van der Waals surface area (Å²) in [7, 11) is 1.45. The Balaban J connectivity index is 1.56. The van der Waals surface area contributed by atoms with E-state index >= 15 is 0 Å². The van der Waals surface area contributed by atoms with Gasteiger partial charge in [0.15, 0.2) is 22.5 Å². The van der Waals surface area contributed by atoms with Gasteiger partial charge in [-0.25, -0.2) is 0 Å². The van der Waals surface area contributed by atoms with Gasteiger partial charge in [-0.1, -0.05) is 60.3 Å². The topological polar surface area (TPSA) is 90.0 Å². The molecule has 1 heterocycles. The van der Waals surface area contributed by atoms with Crippen LogP contribution in [0, 0.1) is 11.3 Å². The third-order valence-corrected chi connectivity index (χ3v) is 5.42. The van der Waals surface area contributed by atoms with Crippen LogP contribution in [0.25, 0.3) is 17.1 Å². The first-order valence-corrected chi connectivity index (χ1v) is 10.7. The van der Waals surface area contributed by atoms with Crippen LogP contribution in [0.2, 0.25) is 0 Å². The highest BCUT2D eigenvalue weighted by Gasteiger charge is 2.18. The van der Waals surface area contributed by atoms with E-state index in [9.17, 15) is 4.79 Å². The lowest BCUT2D eigenvalue weighted by Crippen LogP contribution is -2.12. The van der Waals surface area contributed by atoms with E-state index in [0.717, 1.165) is 11.3 Å². The highest BCUT2D eigenvalue weighted by atomic mass is 32.2. The smallest absolute Gasteiger partial charge is 0.321 e. The van der Waals surface area contributed by atoms with E-state index in [1.54, 1.807) is 12.1 Å². The Hall–Kier alpha value is -4.09. The van der Waals surface area contributed by atoms with Gasteiger partial charge in [-0.2, -0.15) is 5.26 Å². The molecular weight excluding hydrogens is 424 g/mol. The molecule has 0 saturated heterocycles. The molecule has 0 fully saturated rings. The largest absolute Gasteiger partial charge is 0.493 e. The quantitative estimate of drug-likeness (QED) is 0.236. The molecule has 1 aromatic heterocycles. The predicted octanol–water partition coefficient (Wildman–Crippen LogP) is 4.51. The molecule has 0 aliphatic carbocycles. The Morgan fingerprint density at radius 2 is 1.72 bits per heavy atom. The van der Waals surface area contributed by atoms with Crippen molar-refractivity contribution in [2.24, 2.45) is 0 Å². The fourth-order valence-electron chi connectivity index (χ4n) is 3.04. The van der Waals surface area contributed by atoms with Gasteiger partial charge in [0, 0.05) is 17.3 Å². The lowest BCUT2D eigenvalue weighted by Gasteiger charge is -2.11. The fraction of sp³-hybridized carbons (Fsp3) is 0.0833. The number of hydrogen-bond acceptors (Lipinski definition) is 7. The van der Waals surface area contributed by atoms with E-state index in [1.807, 2.05) is 71.3 Å². The number of carbonyl (C=O) groups excluding carboxylic acids is 1. The second kappa shape index (κ2) is 9.81. The van der Waals surface area contributed by atoms with Crippen LogP contribution in [0.15, 0.2) is 84.0 Å². The van der Waals surface area contributed by atoms with Gasteiger partial charge in [0.1, 0.15) is 0 Å². The van der Waals surface area contributed by atoms with Crippen molar-refractivity contribution >= 4 is 17.7 Å². The number of hydrogen-bond donors (Lipinski definition) is 0. The van der Waals surface area contributed by atoms with Crippen molar-refractivity contribution in [3.8, 4) is 34.6 Å². The number of benzene rings is 3. The molecule has 0 amide bonds. The first-order chi connectivity index (χ1) is 15.7. The van der Waals surface area contributed by atoms with Crippen LogP contribution in [-0.4, -0.2) is 33.6 Å². The molecule has 4 rings (SSSR count). The maximum Gasteiger partial charge on any atom is 0.321 e. The molecule has 158 valence electrons. The van der Waals surface area contributed by atoms with Gasteiger partial charge in [0.05, 0.1) is 24.5 Å². The average Bonchev–Trinajstić information content (AvgIpc) is 3.28. The Morgan fingerprint density at radius 1 is 1.00 bits per heavy atom. The van der Waals surface area contributed by atoms with E-state index in [2.05, 4.69) is 10.2 Å². The lowest BCUT2D eigenvalue weighted by molar-refractivity contribution is -0.131. The molecule has 0 N–H and O–H groups in total. The Kier molecular flexibility index (Phi) is 6.49. The summed E-state index contributed by atoms with van der Waals surface area (Å²) in [4.78, 5) is 12.5. The Morgan fingerprint density at radius 3 is 2.41 bits per heavy atom. The molecule has 0 unspecified atom stereocenters.